The number of nitrogens with zero attached hydrogens (tertiary/aromatic N) is 1. The second-order valence-corrected chi connectivity index (χ2v) is 7.69. The van der Waals surface area contributed by atoms with Gasteiger partial charge in [0, 0.05) is 13.1 Å². The summed E-state index contributed by atoms with van der Waals surface area (Å²) in [5.74, 6) is 1.24. The van der Waals surface area contributed by atoms with Gasteiger partial charge in [-0.05, 0) is 36.1 Å². The quantitative estimate of drug-likeness (QED) is 0.649. The number of methoxy groups -OCH3 is 2. The molecule has 2 amide bonds. The summed E-state index contributed by atoms with van der Waals surface area (Å²) in [6.07, 6.45) is 0.162. The molecule has 0 saturated heterocycles. The number of hydrogen-bond acceptors (Lipinski definition) is 4. The highest BCUT2D eigenvalue weighted by Crippen LogP contribution is 2.28. The van der Waals surface area contributed by atoms with Gasteiger partial charge in [-0.2, -0.15) is 0 Å². The topological polar surface area (TPSA) is 67.9 Å². The summed E-state index contributed by atoms with van der Waals surface area (Å²) in [7, 11) is 3.13. The summed E-state index contributed by atoms with van der Waals surface area (Å²) >= 11 is 0. The maximum absolute atomic E-state index is 13.2. The number of rotatable bonds is 10. The van der Waals surface area contributed by atoms with Crippen LogP contribution in [0.15, 0.2) is 48.5 Å². The fraction of sp³-hybridized carbons (Fsp3) is 0.417. The third kappa shape index (κ3) is 6.51. The van der Waals surface area contributed by atoms with Crippen LogP contribution in [0.2, 0.25) is 0 Å². The molecule has 0 aliphatic heterocycles. The van der Waals surface area contributed by atoms with Gasteiger partial charge >= 0.3 is 0 Å². The molecule has 30 heavy (non-hydrogen) atoms. The standard InChI is InChI=1S/C24H32N2O4/c1-17(2)15-25-24(28)18(3)26(16-19-9-7-6-8-10-19)23(27)14-20-11-12-21(29-4)22(13-20)30-5/h6-13,17-18H,14-16H2,1-5H3,(H,25,28)/t18-/m0/s1. The van der Waals surface area contributed by atoms with E-state index >= 15 is 0 Å². The van der Waals surface area contributed by atoms with Crippen LogP contribution in [0, 0.1) is 5.92 Å². The van der Waals surface area contributed by atoms with Gasteiger partial charge in [-0.3, -0.25) is 9.59 Å². The first-order valence-corrected chi connectivity index (χ1v) is 10.2. The third-order valence-electron chi connectivity index (χ3n) is 4.85. The van der Waals surface area contributed by atoms with Gasteiger partial charge in [-0.25, -0.2) is 0 Å². The molecule has 162 valence electrons. The van der Waals surface area contributed by atoms with Crippen LogP contribution < -0.4 is 14.8 Å². The lowest BCUT2D eigenvalue weighted by Gasteiger charge is -2.29. The second kappa shape index (κ2) is 11.2. The molecular weight excluding hydrogens is 380 g/mol. The zero-order chi connectivity index (χ0) is 22.1. The van der Waals surface area contributed by atoms with Gasteiger partial charge in [0.1, 0.15) is 6.04 Å². The minimum absolute atomic E-state index is 0.127. The Balaban J connectivity index is 2.22. The van der Waals surface area contributed by atoms with Crippen LogP contribution in [0.5, 0.6) is 11.5 Å². The lowest BCUT2D eigenvalue weighted by molar-refractivity contribution is -0.140. The Morgan fingerprint density at radius 2 is 1.60 bits per heavy atom. The van der Waals surface area contributed by atoms with Gasteiger partial charge < -0.3 is 19.7 Å². The molecule has 0 saturated carbocycles. The summed E-state index contributed by atoms with van der Waals surface area (Å²) in [6.45, 7) is 6.78. The molecule has 2 aromatic rings. The predicted molar refractivity (Wildman–Crippen MR) is 118 cm³/mol. The first kappa shape index (κ1) is 23.3. The van der Waals surface area contributed by atoms with Crippen molar-refractivity contribution in [3.05, 3.63) is 59.7 Å². The predicted octanol–water partition coefficient (Wildman–Crippen LogP) is 3.44. The average Bonchev–Trinajstić information content (AvgIpc) is 2.75. The van der Waals surface area contributed by atoms with Crippen LogP contribution >= 0.6 is 0 Å². The molecule has 6 heteroatoms. The second-order valence-electron chi connectivity index (χ2n) is 7.69. The van der Waals surface area contributed by atoms with Crippen molar-refractivity contribution in [2.45, 2.75) is 39.8 Å². The summed E-state index contributed by atoms with van der Waals surface area (Å²) in [4.78, 5) is 27.5. The number of nitrogens with one attached hydrogen (secondary N) is 1. The zero-order valence-corrected chi connectivity index (χ0v) is 18.5. The highest BCUT2D eigenvalue weighted by atomic mass is 16.5. The first-order chi connectivity index (χ1) is 14.3. The number of carbonyl (C=O) groups is 2. The Labute approximate surface area is 179 Å². The number of ether oxygens (including phenoxy) is 2. The van der Waals surface area contributed by atoms with E-state index < -0.39 is 6.04 Å². The van der Waals surface area contributed by atoms with Crippen LogP contribution in [0.1, 0.15) is 31.9 Å². The number of benzene rings is 2. The molecule has 0 aromatic heterocycles. The van der Waals surface area contributed by atoms with Gasteiger partial charge in [-0.15, -0.1) is 0 Å². The molecular formula is C24H32N2O4. The van der Waals surface area contributed by atoms with Gasteiger partial charge in [0.15, 0.2) is 11.5 Å². The van der Waals surface area contributed by atoms with Crippen LogP contribution in [0.4, 0.5) is 0 Å². The highest BCUT2D eigenvalue weighted by molar-refractivity contribution is 5.88. The van der Waals surface area contributed by atoms with Crippen molar-refractivity contribution >= 4 is 11.8 Å². The third-order valence-corrected chi connectivity index (χ3v) is 4.85. The Hall–Kier alpha value is -3.02. The van der Waals surface area contributed by atoms with Gasteiger partial charge in [0.25, 0.3) is 0 Å². The molecule has 0 spiro atoms. The molecule has 0 fully saturated rings. The maximum Gasteiger partial charge on any atom is 0.242 e. The zero-order valence-electron chi connectivity index (χ0n) is 18.5. The molecule has 1 atom stereocenters. The largest absolute Gasteiger partial charge is 0.493 e. The van der Waals surface area contributed by atoms with Crippen LogP contribution in [-0.4, -0.2) is 43.5 Å². The lowest BCUT2D eigenvalue weighted by Crippen LogP contribution is -2.48. The van der Waals surface area contributed by atoms with E-state index in [1.165, 1.54) is 0 Å². The van der Waals surface area contributed by atoms with Crippen molar-refractivity contribution in [3.8, 4) is 11.5 Å². The number of hydrogen-bond donors (Lipinski definition) is 1. The van der Waals surface area contributed by atoms with E-state index in [0.29, 0.717) is 30.5 Å². The van der Waals surface area contributed by atoms with E-state index in [9.17, 15) is 9.59 Å². The Bertz CT molecular complexity index is 836. The molecule has 2 rings (SSSR count). The molecule has 1 N–H and O–H groups in total. The lowest BCUT2D eigenvalue weighted by atomic mass is 10.1. The van der Waals surface area contributed by atoms with Crippen molar-refractivity contribution in [3.63, 3.8) is 0 Å². The fourth-order valence-corrected chi connectivity index (χ4v) is 3.08. The molecule has 6 nitrogen and oxygen atoms in total. The highest BCUT2D eigenvalue weighted by Gasteiger charge is 2.26. The van der Waals surface area contributed by atoms with Crippen molar-refractivity contribution in [2.24, 2.45) is 5.92 Å². The van der Waals surface area contributed by atoms with Crippen molar-refractivity contribution < 1.29 is 19.1 Å². The van der Waals surface area contributed by atoms with Crippen LogP contribution in [-0.2, 0) is 22.6 Å². The molecule has 0 unspecified atom stereocenters. The number of carbonyl (C=O) groups excluding carboxylic acids is 2. The minimum Gasteiger partial charge on any atom is -0.493 e. The number of amides is 2. The molecule has 0 heterocycles. The Morgan fingerprint density at radius 1 is 0.933 bits per heavy atom. The molecule has 0 radical (unpaired) electrons. The van der Waals surface area contributed by atoms with Crippen LogP contribution in [0.3, 0.4) is 0 Å². The van der Waals surface area contributed by atoms with Crippen molar-refractivity contribution in [2.75, 3.05) is 20.8 Å². The SMILES string of the molecule is COc1ccc(CC(=O)N(Cc2ccccc2)[C@@H](C)C(=O)NCC(C)C)cc1OC. The van der Waals surface area contributed by atoms with E-state index in [-0.39, 0.29) is 18.2 Å². The summed E-state index contributed by atoms with van der Waals surface area (Å²) < 4.78 is 10.6. The van der Waals surface area contributed by atoms with E-state index in [2.05, 4.69) is 5.32 Å². The average molecular weight is 413 g/mol. The van der Waals surface area contributed by atoms with E-state index in [1.807, 2.05) is 50.2 Å². The van der Waals surface area contributed by atoms with E-state index in [4.69, 9.17) is 9.47 Å². The van der Waals surface area contributed by atoms with E-state index in [1.54, 1.807) is 38.2 Å². The van der Waals surface area contributed by atoms with Gasteiger partial charge in [0.05, 0.1) is 20.6 Å². The smallest absolute Gasteiger partial charge is 0.242 e. The van der Waals surface area contributed by atoms with E-state index in [0.717, 1.165) is 11.1 Å². The molecule has 2 aromatic carbocycles. The Morgan fingerprint density at radius 3 is 2.20 bits per heavy atom. The van der Waals surface area contributed by atoms with Crippen LogP contribution in [0.25, 0.3) is 0 Å². The maximum atomic E-state index is 13.2. The fourth-order valence-electron chi connectivity index (χ4n) is 3.08. The Kier molecular flexibility index (Phi) is 8.71. The summed E-state index contributed by atoms with van der Waals surface area (Å²) in [5.41, 5.74) is 1.77. The molecule has 0 bridgehead atoms. The van der Waals surface area contributed by atoms with Crippen molar-refractivity contribution in [1.82, 2.24) is 10.2 Å². The van der Waals surface area contributed by atoms with Gasteiger partial charge in [-0.1, -0.05) is 50.2 Å². The van der Waals surface area contributed by atoms with Crippen molar-refractivity contribution in [1.29, 1.82) is 0 Å². The normalized spacial score (nSPS) is 11.7. The monoisotopic (exact) mass is 412 g/mol. The first-order valence-electron chi connectivity index (χ1n) is 10.2. The molecule has 0 aliphatic rings. The summed E-state index contributed by atoms with van der Waals surface area (Å²) in [5, 5.41) is 2.93. The molecule has 0 aliphatic carbocycles. The minimum atomic E-state index is -0.586. The summed E-state index contributed by atoms with van der Waals surface area (Å²) in [6, 6.07) is 14.5. The van der Waals surface area contributed by atoms with Gasteiger partial charge in [0.2, 0.25) is 11.8 Å².